The first kappa shape index (κ1) is 19.0. The molecule has 1 atom stereocenters. The fraction of sp³-hybridized carbons (Fsp3) is 0.273. The normalized spacial score (nSPS) is 16.0. The van der Waals surface area contributed by atoms with Gasteiger partial charge in [0.15, 0.2) is 0 Å². The molecular weight excluding hydrogens is 368 g/mol. The van der Waals surface area contributed by atoms with Crippen LogP contribution in [-0.4, -0.2) is 42.1 Å². The highest BCUT2D eigenvalue weighted by atomic mass is 16.5. The summed E-state index contributed by atoms with van der Waals surface area (Å²) in [5, 5.41) is 7.53. The van der Waals surface area contributed by atoms with Crippen LogP contribution in [0, 0.1) is 0 Å². The van der Waals surface area contributed by atoms with E-state index in [2.05, 4.69) is 10.4 Å². The fourth-order valence-electron chi connectivity index (χ4n) is 3.37. The number of hydrogen-bond donors (Lipinski definition) is 2. The van der Waals surface area contributed by atoms with E-state index in [4.69, 9.17) is 15.2 Å². The number of carbonyl (C=O) groups is 1. The molecule has 3 aromatic rings. The lowest BCUT2D eigenvalue weighted by Gasteiger charge is -2.11. The molecule has 2 aromatic carbocycles. The molecule has 29 heavy (non-hydrogen) atoms. The number of rotatable bonds is 6. The molecule has 0 saturated carbocycles. The molecule has 1 aromatic heterocycles. The Morgan fingerprint density at radius 3 is 2.66 bits per heavy atom. The van der Waals surface area contributed by atoms with Gasteiger partial charge in [0.1, 0.15) is 11.6 Å². The summed E-state index contributed by atoms with van der Waals surface area (Å²) in [5.74, 6) is 1.19. The number of methoxy groups -OCH3 is 1. The number of amides is 1. The summed E-state index contributed by atoms with van der Waals surface area (Å²) in [6, 6.07) is 16.7. The van der Waals surface area contributed by atoms with Gasteiger partial charge in [0, 0.05) is 30.3 Å². The highest BCUT2D eigenvalue weighted by Gasteiger charge is 2.17. The minimum Gasteiger partial charge on any atom is -0.497 e. The van der Waals surface area contributed by atoms with Crippen LogP contribution in [-0.2, 0) is 4.74 Å². The summed E-state index contributed by atoms with van der Waals surface area (Å²) >= 11 is 0. The van der Waals surface area contributed by atoms with E-state index in [1.165, 1.54) is 0 Å². The first-order valence-electron chi connectivity index (χ1n) is 9.64. The Balaban J connectivity index is 1.47. The van der Waals surface area contributed by atoms with E-state index in [0.29, 0.717) is 17.9 Å². The van der Waals surface area contributed by atoms with Gasteiger partial charge in [0.2, 0.25) is 0 Å². The predicted molar refractivity (Wildman–Crippen MR) is 111 cm³/mol. The molecule has 3 N–H and O–H groups in total. The second-order valence-electron chi connectivity index (χ2n) is 6.99. The Morgan fingerprint density at radius 2 is 2.00 bits per heavy atom. The molecule has 0 bridgehead atoms. The number of nitrogen functional groups attached to an aromatic ring is 1. The summed E-state index contributed by atoms with van der Waals surface area (Å²) in [5.41, 5.74) is 9.26. The summed E-state index contributed by atoms with van der Waals surface area (Å²) < 4.78 is 12.4. The minimum atomic E-state index is -0.112. The topological polar surface area (TPSA) is 91.4 Å². The van der Waals surface area contributed by atoms with E-state index in [1.807, 2.05) is 42.5 Å². The van der Waals surface area contributed by atoms with Gasteiger partial charge in [-0.3, -0.25) is 4.79 Å². The SMILES string of the molecule is COc1ccc(-c2cc(N)n(-c3ccc(C(=O)NC[C@@H]4CCCO4)cc3)n2)cc1. The zero-order valence-electron chi connectivity index (χ0n) is 16.3. The number of nitrogens with two attached hydrogens (primary N) is 1. The van der Waals surface area contributed by atoms with E-state index in [1.54, 1.807) is 23.9 Å². The lowest BCUT2D eigenvalue weighted by atomic mass is 10.1. The van der Waals surface area contributed by atoms with Gasteiger partial charge in [-0.2, -0.15) is 5.10 Å². The number of hydrogen-bond acceptors (Lipinski definition) is 5. The van der Waals surface area contributed by atoms with E-state index >= 15 is 0 Å². The Bertz CT molecular complexity index is 974. The van der Waals surface area contributed by atoms with Gasteiger partial charge in [-0.15, -0.1) is 0 Å². The zero-order chi connectivity index (χ0) is 20.2. The van der Waals surface area contributed by atoms with Gasteiger partial charge in [-0.1, -0.05) is 0 Å². The lowest BCUT2D eigenvalue weighted by Crippen LogP contribution is -2.31. The standard InChI is InChI=1S/C22H24N4O3/c1-28-18-10-6-15(7-11-18)20-13-21(23)26(25-20)17-8-4-16(5-9-17)22(27)24-14-19-3-2-12-29-19/h4-11,13,19H,2-3,12,14,23H2,1H3,(H,24,27)/t19-/m0/s1. The lowest BCUT2D eigenvalue weighted by molar-refractivity contribution is 0.0858. The summed E-state index contributed by atoms with van der Waals surface area (Å²) in [6.45, 7) is 1.32. The van der Waals surface area contributed by atoms with Crippen molar-refractivity contribution in [3.8, 4) is 22.7 Å². The third-order valence-corrected chi connectivity index (χ3v) is 5.01. The highest BCUT2D eigenvalue weighted by Crippen LogP contribution is 2.25. The maximum Gasteiger partial charge on any atom is 0.251 e. The summed E-state index contributed by atoms with van der Waals surface area (Å²) in [6.07, 6.45) is 2.17. The number of aromatic nitrogens is 2. The van der Waals surface area contributed by atoms with Crippen molar-refractivity contribution in [1.29, 1.82) is 0 Å². The van der Waals surface area contributed by atoms with Gasteiger partial charge >= 0.3 is 0 Å². The largest absolute Gasteiger partial charge is 0.497 e. The minimum absolute atomic E-state index is 0.112. The molecule has 2 heterocycles. The average Bonchev–Trinajstić information content (AvgIpc) is 3.42. The predicted octanol–water partition coefficient (Wildman–Crippen LogP) is 3.04. The van der Waals surface area contributed by atoms with Crippen LogP contribution in [0.1, 0.15) is 23.2 Å². The van der Waals surface area contributed by atoms with Crippen molar-refractivity contribution in [3.63, 3.8) is 0 Å². The van der Waals surface area contributed by atoms with Crippen molar-refractivity contribution in [2.45, 2.75) is 18.9 Å². The van der Waals surface area contributed by atoms with Crippen molar-refractivity contribution >= 4 is 11.7 Å². The zero-order valence-corrected chi connectivity index (χ0v) is 16.3. The number of carbonyl (C=O) groups excluding carboxylic acids is 1. The molecule has 1 saturated heterocycles. The smallest absolute Gasteiger partial charge is 0.251 e. The van der Waals surface area contributed by atoms with Gasteiger partial charge in [-0.05, 0) is 61.4 Å². The third-order valence-electron chi connectivity index (χ3n) is 5.01. The van der Waals surface area contributed by atoms with E-state index in [0.717, 1.165) is 42.1 Å². The first-order chi connectivity index (χ1) is 14.1. The van der Waals surface area contributed by atoms with Crippen LogP contribution in [0.25, 0.3) is 16.9 Å². The van der Waals surface area contributed by atoms with Crippen molar-refractivity contribution in [2.24, 2.45) is 0 Å². The highest BCUT2D eigenvalue weighted by molar-refractivity contribution is 5.94. The third kappa shape index (κ3) is 4.25. The Morgan fingerprint density at radius 1 is 1.24 bits per heavy atom. The average molecular weight is 392 g/mol. The van der Waals surface area contributed by atoms with Gasteiger partial charge in [0.25, 0.3) is 5.91 Å². The molecule has 0 aliphatic carbocycles. The molecule has 1 fully saturated rings. The maximum atomic E-state index is 12.3. The Hall–Kier alpha value is -3.32. The quantitative estimate of drug-likeness (QED) is 0.673. The molecule has 1 aliphatic rings. The number of benzene rings is 2. The first-order valence-corrected chi connectivity index (χ1v) is 9.64. The fourth-order valence-corrected chi connectivity index (χ4v) is 3.37. The molecule has 0 spiro atoms. The molecule has 7 heteroatoms. The molecule has 1 amide bonds. The van der Waals surface area contributed by atoms with E-state index < -0.39 is 0 Å². The number of anilines is 1. The van der Waals surface area contributed by atoms with Crippen molar-refractivity contribution in [1.82, 2.24) is 15.1 Å². The monoisotopic (exact) mass is 392 g/mol. The molecule has 4 rings (SSSR count). The van der Waals surface area contributed by atoms with Crippen LogP contribution in [0.2, 0.25) is 0 Å². The Labute approximate surface area is 169 Å². The van der Waals surface area contributed by atoms with E-state index in [9.17, 15) is 4.79 Å². The second-order valence-corrected chi connectivity index (χ2v) is 6.99. The van der Waals surface area contributed by atoms with Crippen molar-refractivity contribution < 1.29 is 14.3 Å². The molecule has 150 valence electrons. The van der Waals surface area contributed by atoms with Crippen LogP contribution >= 0.6 is 0 Å². The number of ether oxygens (including phenoxy) is 2. The van der Waals surface area contributed by atoms with Crippen LogP contribution in [0.15, 0.2) is 54.6 Å². The summed E-state index contributed by atoms with van der Waals surface area (Å²) in [4.78, 5) is 12.3. The van der Waals surface area contributed by atoms with Crippen molar-refractivity contribution in [3.05, 3.63) is 60.2 Å². The van der Waals surface area contributed by atoms with Crippen molar-refractivity contribution in [2.75, 3.05) is 26.0 Å². The molecule has 0 radical (unpaired) electrons. The molecule has 0 unspecified atom stereocenters. The number of nitrogens with zero attached hydrogens (tertiary/aromatic N) is 2. The Kier molecular flexibility index (Phi) is 5.48. The summed E-state index contributed by atoms with van der Waals surface area (Å²) in [7, 11) is 1.63. The van der Waals surface area contributed by atoms with E-state index in [-0.39, 0.29) is 12.0 Å². The molecule has 7 nitrogen and oxygen atoms in total. The van der Waals surface area contributed by atoms with Gasteiger partial charge in [-0.25, -0.2) is 4.68 Å². The molecular formula is C22H24N4O3. The van der Waals surface area contributed by atoms with Crippen LogP contribution in [0.3, 0.4) is 0 Å². The van der Waals surface area contributed by atoms with Gasteiger partial charge < -0.3 is 20.5 Å². The van der Waals surface area contributed by atoms with Crippen LogP contribution < -0.4 is 15.8 Å². The second kappa shape index (κ2) is 8.36. The maximum absolute atomic E-state index is 12.3. The van der Waals surface area contributed by atoms with Crippen LogP contribution in [0.4, 0.5) is 5.82 Å². The van der Waals surface area contributed by atoms with Crippen LogP contribution in [0.5, 0.6) is 5.75 Å². The molecule has 1 aliphatic heterocycles. The van der Waals surface area contributed by atoms with Gasteiger partial charge in [0.05, 0.1) is 24.6 Å². The number of nitrogens with one attached hydrogen (secondary N) is 1.